The maximum Gasteiger partial charge on any atom is 0.282 e. The van der Waals surface area contributed by atoms with E-state index in [1.807, 2.05) is 26.1 Å². The molecule has 0 bridgehead atoms. The Kier molecular flexibility index (Phi) is 4.95. The average molecular weight is 302 g/mol. The molecule has 1 aromatic carbocycles. The molecule has 0 saturated heterocycles. The summed E-state index contributed by atoms with van der Waals surface area (Å²) in [6.45, 7) is 2.48. The topological polar surface area (TPSA) is 89.8 Å². The van der Waals surface area contributed by atoms with E-state index in [2.05, 4.69) is 5.32 Å². The maximum atomic E-state index is 12.2. The van der Waals surface area contributed by atoms with E-state index in [1.54, 1.807) is 30.5 Å². The van der Waals surface area contributed by atoms with Gasteiger partial charge in [-0.15, -0.1) is 0 Å². The van der Waals surface area contributed by atoms with Crippen molar-refractivity contribution in [2.45, 2.75) is 19.5 Å². The van der Waals surface area contributed by atoms with Crippen LogP contribution >= 0.6 is 0 Å². The SMILES string of the molecule is C[C@H](C(=O)Nc1ccc(C(N)=O)cc1)[NH+](C)Cc1ccco1. The number of hydrogen-bond acceptors (Lipinski definition) is 3. The number of primary amides is 1. The van der Waals surface area contributed by atoms with Crippen molar-refractivity contribution in [1.82, 2.24) is 0 Å². The molecule has 0 aliphatic heterocycles. The zero-order valence-electron chi connectivity index (χ0n) is 12.6. The molecule has 2 amide bonds. The van der Waals surface area contributed by atoms with Crippen LogP contribution in [0.2, 0.25) is 0 Å². The summed E-state index contributed by atoms with van der Waals surface area (Å²) in [5.41, 5.74) is 6.22. The van der Waals surface area contributed by atoms with Gasteiger partial charge in [-0.05, 0) is 43.3 Å². The normalized spacial score (nSPS) is 13.4. The first kappa shape index (κ1) is 15.8. The van der Waals surface area contributed by atoms with Crippen LogP contribution in [-0.4, -0.2) is 24.9 Å². The van der Waals surface area contributed by atoms with Crippen LogP contribution in [0.3, 0.4) is 0 Å². The Hall–Kier alpha value is -2.60. The van der Waals surface area contributed by atoms with E-state index in [0.717, 1.165) is 10.7 Å². The summed E-state index contributed by atoms with van der Waals surface area (Å²) in [6.07, 6.45) is 1.62. The first-order chi connectivity index (χ1) is 10.5. The summed E-state index contributed by atoms with van der Waals surface area (Å²) in [7, 11) is 1.93. The van der Waals surface area contributed by atoms with Crippen molar-refractivity contribution in [3.05, 3.63) is 54.0 Å². The number of nitrogens with one attached hydrogen (secondary N) is 2. The Labute approximate surface area is 128 Å². The van der Waals surface area contributed by atoms with Crippen LogP contribution in [0, 0.1) is 0 Å². The third-order valence-electron chi connectivity index (χ3n) is 3.60. The van der Waals surface area contributed by atoms with Crippen molar-refractivity contribution in [2.75, 3.05) is 12.4 Å². The molecular formula is C16H20N3O3+. The number of carbonyl (C=O) groups excluding carboxylic acids is 2. The van der Waals surface area contributed by atoms with Crippen LogP contribution in [0.15, 0.2) is 47.1 Å². The van der Waals surface area contributed by atoms with Gasteiger partial charge in [0.2, 0.25) is 5.91 Å². The Morgan fingerprint density at radius 1 is 1.27 bits per heavy atom. The van der Waals surface area contributed by atoms with Crippen LogP contribution in [0.1, 0.15) is 23.0 Å². The molecule has 6 nitrogen and oxygen atoms in total. The lowest BCUT2D eigenvalue weighted by atomic mass is 10.2. The number of benzene rings is 1. The molecule has 4 N–H and O–H groups in total. The van der Waals surface area contributed by atoms with Crippen LogP contribution in [0.25, 0.3) is 0 Å². The number of likely N-dealkylation sites (N-methyl/N-ethyl adjacent to an activating group) is 1. The van der Waals surface area contributed by atoms with Crippen molar-refractivity contribution in [3.63, 3.8) is 0 Å². The zero-order chi connectivity index (χ0) is 16.1. The van der Waals surface area contributed by atoms with Crippen molar-refractivity contribution in [2.24, 2.45) is 5.73 Å². The third-order valence-corrected chi connectivity index (χ3v) is 3.60. The van der Waals surface area contributed by atoms with Crippen LogP contribution < -0.4 is 16.0 Å². The molecule has 1 aromatic heterocycles. The summed E-state index contributed by atoms with van der Waals surface area (Å²) in [5.74, 6) is 0.243. The van der Waals surface area contributed by atoms with Gasteiger partial charge in [0.15, 0.2) is 11.8 Å². The van der Waals surface area contributed by atoms with Crippen molar-refractivity contribution >= 4 is 17.5 Å². The van der Waals surface area contributed by atoms with Crippen LogP contribution in [0.5, 0.6) is 0 Å². The highest BCUT2D eigenvalue weighted by Gasteiger charge is 2.22. The summed E-state index contributed by atoms with van der Waals surface area (Å²) in [6, 6.07) is 9.95. The Bertz CT molecular complexity index is 635. The molecule has 0 spiro atoms. The lowest BCUT2D eigenvalue weighted by molar-refractivity contribution is -0.908. The number of quaternary nitrogens is 1. The lowest BCUT2D eigenvalue weighted by Crippen LogP contribution is -3.12. The molecular weight excluding hydrogens is 282 g/mol. The highest BCUT2D eigenvalue weighted by molar-refractivity contribution is 5.95. The van der Waals surface area contributed by atoms with E-state index in [9.17, 15) is 9.59 Å². The number of rotatable bonds is 6. The molecule has 2 rings (SSSR count). The highest BCUT2D eigenvalue weighted by atomic mass is 16.3. The fourth-order valence-electron chi connectivity index (χ4n) is 2.03. The van der Waals surface area contributed by atoms with Gasteiger partial charge in [0.05, 0.1) is 13.3 Å². The maximum absolute atomic E-state index is 12.2. The van der Waals surface area contributed by atoms with E-state index < -0.39 is 5.91 Å². The van der Waals surface area contributed by atoms with Gasteiger partial charge in [-0.25, -0.2) is 0 Å². The predicted octanol–water partition coefficient (Wildman–Crippen LogP) is 0.420. The molecule has 0 radical (unpaired) electrons. The van der Waals surface area contributed by atoms with Gasteiger partial charge in [-0.1, -0.05) is 0 Å². The highest BCUT2D eigenvalue weighted by Crippen LogP contribution is 2.09. The van der Waals surface area contributed by atoms with E-state index >= 15 is 0 Å². The minimum Gasteiger partial charge on any atom is -0.463 e. The van der Waals surface area contributed by atoms with Gasteiger partial charge < -0.3 is 20.4 Å². The van der Waals surface area contributed by atoms with Crippen LogP contribution in [-0.2, 0) is 11.3 Å². The molecule has 6 heteroatoms. The fourth-order valence-corrected chi connectivity index (χ4v) is 2.03. The second-order valence-corrected chi connectivity index (χ2v) is 5.26. The number of nitrogens with two attached hydrogens (primary N) is 1. The molecule has 1 heterocycles. The monoisotopic (exact) mass is 302 g/mol. The fraction of sp³-hybridized carbons (Fsp3) is 0.250. The van der Waals surface area contributed by atoms with Crippen LogP contribution in [0.4, 0.5) is 5.69 Å². The Morgan fingerprint density at radius 3 is 2.50 bits per heavy atom. The summed E-state index contributed by atoms with van der Waals surface area (Å²) in [4.78, 5) is 24.3. The van der Waals surface area contributed by atoms with Gasteiger partial charge in [0.25, 0.3) is 5.91 Å². The lowest BCUT2D eigenvalue weighted by Gasteiger charge is -2.20. The number of hydrogen-bond donors (Lipinski definition) is 3. The van der Waals surface area contributed by atoms with E-state index in [1.165, 1.54) is 0 Å². The van der Waals surface area contributed by atoms with E-state index in [-0.39, 0.29) is 11.9 Å². The molecule has 22 heavy (non-hydrogen) atoms. The van der Waals surface area contributed by atoms with Gasteiger partial charge >= 0.3 is 0 Å². The molecule has 0 aliphatic carbocycles. The summed E-state index contributed by atoms with van der Waals surface area (Å²) in [5, 5.41) is 2.83. The molecule has 2 atom stereocenters. The third kappa shape index (κ3) is 3.95. The molecule has 0 saturated carbocycles. The average Bonchev–Trinajstić information content (AvgIpc) is 2.99. The van der Waals surface area contributed by atoms with Gasteiger partial charge in [-0.3, -0.25) is 9.59 Å². The zero-order valence-corrected chi connectivity index (χ0v) is 12.6. The van der Waals surface area contributed by atoms with Crippen molar-refractivity contribution < 1.29 is 18.9 Å². The summed E-state index contributed by atoms with van der Waals surface area (Å²) < 4.78 is 5.29. The van der Waals surface area contributed by atoms with Gasteiger partial charge in [-0.2, -0.15) is 0 Å². The molecule has 116 valence electrons. The number of carbonyl (C=O) groups is 2. The number of anilines is 1. The largest absolute Gasteiger partial charge is 0.463 e. The second kappa shape index (κ2) is 6.91. The van der Waals surface area contributed by atoms with Gasteiger partial charge in [0.1, 0.15) is 6.54 Å². The Balaban J connectivity index is 1.94. The summed E-state index contributed by atoms with van der Waals surface area (Å²) >= 11 is 0. The van der Waals surface area contributed by atoms with Crippen molar-refractivity contribution in [1.29, 1.82) is 0 Å². The molecule has 1 unspecified atom stereocenters. The molecule has 0 fully saturated rings. The number of furan rings is 1. The van der Waals surface area contributed by atoms with Gasteiger partial charge in [0, 0.05) is 11.3 Å². The molecule has 0 aliphatic rings. The van der Waals surface area contributed by atoms with Crippen molar-refractivity contribution in [3.8, 4) is 0 Å². The predicted molar refractivity (Wildman–Crippen MR) is 82.4 cm³/mol. The number of amides is 2. The second-order valence-electron chi connectivity index (χ2n) is 5.26. The minimum atomic E-state index is -0.492. The van der Waals surface area contributed by atoms with E-state index in [4.69, 9.17) is 10.2 Å². The quantitative estimate of drug-likeness (QED) is 0.722. The first-order valence-corrected chi connectivity index (χ1v) is 7.03. The first-order valence-electron chi connectivity index (χ1n) is 7.03. The standard InChI is InChI=1S/C16H19N3O3/c1-11(19(2)10-14-4-3-9-22-14)16(21)18-13-7-5-12(6-8-13)15(17)20/h3-9,11H,10H2,1-2H3,(H2,17,20)(H,18,21)/p+1/t11-/m1/s1. The van der Waals surface area contributed by atoms with E-state index in [0.29, 0.717) is 17.8 Å². The minimum absolute atomic E-state index is 0.101. The Morgan fingerprint density at radius 2 is 1.95 bits per heavy atom. The smallest absolute Gasteiger partial charge is 0.282 e. The molecule has 2 aromatic rings.